The summed E-state index contributed by atoms with van der Waals surface area (Å²) < 4.78 is 45.8. The number of hydrogen-bond acceptors (Lipinski definition) is 4. The van der Waals surface area contributed by atoms with Gasteiger partial charge < -0.3 is 9.84 Å². The van der Waals surface area contributed by atoms with E-state index in [1.165, 1.54) is 10.4 Å². The number of hydrogen-bond donors (Lipinski definition) is 1. The van der Waals surface area contributed by atoms with Crippen LogP contribution in [-0.2, 0) is 21.4 Å². The van der Waals surface area contributed by atoms with Crippen LogP contribution in [0.4, 0.5) is 4.39 Å². The molecule has 1 N–H and O–H groups in total. The SMILES string of the molecule is CC1(C)COCCN1S(=O)(=O)c1cc(F)c(Cl)c(CO)c1. The molecule has 0 bridgehead atoms. The minimum absolute atomic E-state index is 0.0429. The zero-order chi connectivity index (χ0) is 15.8. The Morgan fingerprint density at radius 1 is 1.48 bits per heavy atom. The van der Waals surface area contributed by atoms with Gasteiger partial charge in [-0.15, -0.1) is 0 Å². The van der Waals surface area contributed by atoms with Crippen molar-refractivity contribution in [2.45, 2.75) is 30.9 Å². The molecule has 1 aliphatic rings. The topological polar surface area (TPSA) is 66.8 Å². The number of sulfonamides is 1. The molecule has 0 atom stereocenters. The van der Waals surface area contributed by atoms with Gasteiger partial charge in [-0.1, -0.05) is 11.6 Å². The summed E-state index contributed by atoms with van der Waals surface area (Å²) >= 11 is 5.69. The molecule has 0 aromatic heterocycles. The predicted octanol–water partition coefficient (Wildman–Crippen LogP) is 1.77. The molecule has 1 aromatic rings. The zero-order valence-corrected chi connectivity index (χ0v) is 13.3. The molecule has 8 heteroatoms. The summed E-state index contributed by atoms with van der Waals surface area (Å²) in [5.74, 6) is -0.868. The lowest BCUT2D eigenvalue weighted by molar-refractivity contribution is -0.00771. The Bertz CT molecular complexity index is 648. The van der Waals surface area contributed by atoms with Crippen molar-refractivity contribution in [3.8, 4) is 0 Å². The Hall–Kier alpha value is -0.730. The number of aliphatic hydroxyl groups excluding tert-OH is 1. The molecule has 0 unspecified atom stereocenters. The van der Waals surface area contributed by atoms with E-state index in [1.807, 2.05) is 0 Å². The quantitative estimate of drug-likeness (QED) is 0.913. The Morgan fingerprint density at radius 3 is 2.71 bits per heavy atom. The van der Waals surface area contributed by atoms with Gasteiger partial charge in [0.25, 0.3) is 0 Å². The average molecular weight is 338 g/mol. The second kappa shape index (κ2) is 5.81. The zero-order valence-electron chi connectivity index (χ0n) is 11.8. The van der Waals surface area contributed by atoms with Crippen LogP contribution in [-0.4, -0.2) is 43.1 Å². The Kier molecular flexibility index (Phi) is 4.60. The highest BCUT2D eigenvalue weighted by Gasteiger charge is 2.40. The number of halogens is 2. The summed E-state index contributed by atoms with van der Waals surface area (Å²) in [4.78, 5) is -0.219. The Balaban J connectivity index is 2.51. The monoisotopic (exact) mass is 337 g/mol. The van der Waals surface area contributed by atoms with Gasteiger partial charge in [-0.2, -0.15) is 4.31 Å². The third kappa shape index (κ3) is 3.07. The molecule has 1 aliphatic heterocycles. The average Bonchev–Trinajstić information content (AvgIpc) is 2.40. The molecule has 118 valence electrons. The molecule has 21 heavy (non-hydrogen) atoms. The van der Waals surface area contributed by atoms with Crippen molar-refractivity contribution in [3.05, 3.63) is 28.5 Å². The van der Waals surface area contributed by atoms with E-state index in [4.69, 9.17) is 21.4 Å². The lowest BCUT2D eigenvalue weighted by atomic mass is 10.1. The van der Waals surface area contributed by atoms with E-state index in [0.29, 0.717) is 0 Å². The fourth-order valence-electron chi connectivity index (χ4n) is 2.30. The molecular formula is C13H17ClFNO4S. The van der Waals surface area contributed by atoms with Gasteiger partial charge in [-0.05, 0) is 26.0 Å². The maximum atomic E-state index is 13.8. The first kappa shape index (κ1) is 16.6. The number of aliphatic hydroxyl groups is 1. The van der Waals surface area contributed by atoms with Crippen molar-refractivity contribution in [2.24, 2.45) is 0 Å². The van der Waals surface area contributed by atoms with Gasteiger partial charge >= 0.3 is 0 Å². The molecule has 0 radical (unpaired) electrons. The highest BCUT2D eigenvalue weighted by Crippen LogP contribution is 2.30. The molecule has 1 aromatic carbocycles. The van der Waals surface area contributed by atoms with Gasteiger partial charge in [-0.25, -0.2) is 12.8 Å². The second-order valence-electron chi connectivity index (χ2n) is 5.48. The number of benzene rings is 1. The largest absolute Gasteiger partial charge is 0.392 e. The van der Waals surface area contributed by atoms with Gasteiger partial charge in [-0.3, -0.25) is 0 Å². The van der Waals surface area contributed by atoms with Crippen LogP contribution >= 0.6 is 11.6 Å². The molecule has 2 rings (SSSR count). The summed E-state index contributed by atoms with van der Waals surface area (Å²) in [6, 6.07) is 2.08. The van der Waals surface area contributed by atoms with Gasteiger partial charge in [0.2, 0.25) is 10.0 Å². The van der Waals surface area contributed by atoms with Crippen molar-refractivity contribution < 1.29 is 22.7 Å². The van der Waals surface area contributed by atoms with E-state index in [1.54, 1.807) is 13.8 Å². The minimum atomic E-state index is -3.90. The van der Waals surface area contributed by atoms with E-state index in [0.717, 1.165) is 6.07 Å². The molecule has 0 aliphatic carbocycles. The molecule has 5 nitrogen and oxygen atoms in total. The van der Waals surface area contributed by atoms with Crippen LogP contribution in [0, 0.1) is 5.82 Å². The van der Waals surface area contributed by atoms with Crippen molar-refractivity contribution in [1.29, 1.82) is 0 Å². The predicted molar refractivity (Wildman–Crippen MR) is 76.1 cm³/mol. The van der Waals surface area contributed by atoms with Crippen molar-refractivity contribution in [1.82, 2.24) is 4.31 Å². The normalized spacial score (nSPS) is 19.7. The molecule has 0 saturated carbocycles. The van der Waals surface area contributed by atoms with E-state index >= 15 is 0 Å². The van der Waals surface area contributed by atoms with E-state index in [9.17, 15) is 12.8 Å². The lowest BCUT2D eigenvalue weighted by Crippen LogP contribution is -2.55. The third-order valence-electron chi connectivity index (χ3n) is 3.40. The van der Waals surface area contributed by atoms with E-state index < -0.39 is 28.0 Å². The van der Waals surface area contributed by atoms with Gasteiger partial charge in [0.15, 0.2) is 0 Å². The van der Waals surface area contributed by atoms with Gasteiger partial charge in [0.05, 0.1) is 35.3 Å². The fraction of sp³-hybridized carbons (Fsp3) is 0.538. The number of nitrogens with zero attached hydrogens (tertiary/aromatic N) is 1. The summed E-state index contributed by atoms with van der Waals surface area (Å²) in [6.45, 7) is 3.67. The Labute approximate surface area is 128 Å². The van der Waals surface area contributed by atoms with Gasteiger partial charge in [0.1, 0.15) is 5.82 Å². The summed E-state index contributed by atoms with van der Waals surface area (Å²) in [5, 5.41) is 8.90. The maximum absolute atomic E-state index is 13.8. The van der Waals surface area contributed by atoms with Crippen LogP contribution < -0.4 is 0 Å². The molecule has 1 saturated heterocycles. The van der Waals surface area contributed by atoms with E-state index in [2.05, 4.69) is 0 Å². The first-order valence-electron chi connectivity index (χ1n) is 6.39. The highest BCUT2D eigenvalue weighted by atomic mass is 35.5. The first-order valence-corrected chi connectivity index (χ1v) is 8.21. The Morgan fingerprint density at radius 2 is 2.14 bits per heavy atom. The van der Waals surface area contributed by atoms with Crippen LogP contribution in [0.5, 0.6) is 0 Å². The number of rotatable bonds is 3. The van der Waals surface area contributed by atoms with Crippen LogP contribution in [0.15, 0.2) is 17.0 Å². The number of ether oxygens (including phenoxy) is 1. The van der Waals surface area contributed by atoms with Gasteiger partial charge in [0, 0.05) is 12.1 Å². The molecule has 0 amide bonds. The van der Waals surface area contributed by atoms with Crippen molar-refractivity contribution >= 4 is 21.6 Å². The van der Waals surface area contributed by atoms with Crippen LogP contribution in [0.2, 0.25) is 5.02 Å². The van der Waals surface area contributed by atoms with Crippen LogP contribution in [0.25, 0.3) is 0 Å². The third-order valence-corrected chi connectivity index (χ3v) is 5.92. The standard InChI is InChI=1S/C13H17ClFNO4S/c1-13(2)8-20-4-3-16(13)21(18,19)10-5-9(7-17)12(14)11(15)6-10/h5-6,17H,3-4,7-8H2,1-2H3. The highest BCUT2D eigenvalue weighted by molar-refractivity contribution is 7.89. The second-order valence-corrected chi connectivity index (χ2v) is 7.72. The van der Waals surface area contributed by atoms with Crippen molar-refractivity contribution in [2.75, 3.05) is 19.8 Å². The molecule has 0 spiro atoms. The fourth-order valence-corrected chi connectivity index (χ4v) is 4.28. The lowest BCUT2D eigenvalue weighted by Gasteiger charge is -2.40. The minimum Gasteiger partial charge on any atom is -0.392 e. The maximum Gasteiger partial charge on any atom is 0.243 e. The summed E-state index contributed by atoms with van der Waals surface area (Å²) in [7, 11) is -3.90. The van der Waals surface area contributed by atoms with E-state index in [-0.39, 0.29) is 35.2 Å². The first-order chi connectivity index (χ1) is 9.70. The van der Waals surface area contributed by atoms with Crippen LogP contribution in [0.3, 0.4) is 0 Å². The summed E-state index contributed by atoms with van der Waals surface area (Å²) in [5.41, 5.74) is -0.687. The van der Waals surface area contributed by atoms with Crippen molar-refractivity contribution in [3.63, 3.8) is 0 Å². The van der Waals surface area contributed by atoms with Crippen LogP contribution in [0.1, 0.15) is 19.4 Å². The summed E-state index contributed by atoms with van der Waals surface area (Å²) in [6.07, 6.45) is 0. The molecule has 1 fully saturated rings. The number of morpholine rings is 1. The smallest absolute Gasteiger partial charge is 0.243 e. The molecular weight excluding hydrogens is 321 g/mol. The molecule has 1 heterocycles.